The van der Waals surface area contributed by atoms with Crippen LogP contribution in [0.1, 0.15) is 10.4 Å². The minimum Gasteiger partial charge on any atom is -0.497 e. The van der Waals surface area contributed by atoms with Crippen molar-refractivity contribution >= 4 is 17.5 Å². The molecule has 29 heavy (non-hydrogen) atoms. The fourth-order valence-electron chi connectivity index (χ4n) is 3.23. The molecule has 0 saturated carbocycles. The smallest absolute Gasteiger partial charge is 0.254 e. The van der Waals surface area contributed by atoms with Gasteiger partial charge in [0, 0.05) is 55.4 Å². The lowest BCUT2D eigenvalue weighted by molar-refractivity contribution is 0.0736. The van der Waals surface area contributed by atoms with Gasteiger partial charge in [-0.25, -0.2) is 9.97 Å². The van der Waals surface area contributed by atoms with Crippen LogP contribution in [0.15, 0.2) is 60.9 Å². The van der Waals surface area contributed by atoms with Crippen LogP contribution >= 0.6 is 0 Å². The zero-order valence-electron chi connectivity index (χ0n) is 16.3. The Hall–Kier alpha value is -3.45. The molecule has 2 heterocycles. The lowest BCUT2D eigenvalue weighted by Gasteiger charge is -2.27. The minimum atomic E-state index is 0.0472. The number of piperazine rings is 1. The number of methoxy groups -OCH3 is 1. The average Bonchev–Trinajstić information content (AvgIpc) is 2.80. The molecule has 0 atom stereocenters. The van der Waals surface area contributed by atoms with Gasteiger partial charge in [0.2, 0.25) is 5.95 Å². The summed E-state index contributed by atoms with van der Waals surface area (Å²) < 4.78 is 5.18. The molecule has 2 aromatic carbocycles. The first-order chi connectivity index (χ1) is 14.2. The van der Waals surface area contributed by atoms with Gasteiger partial charge in [0.15, 0.2) is 0 Å². The fraction of sp³-hybridized carbons (Fsp3) is 0.227. The predicted molar refractivity (Wildman–Crippen MR) is 113 cm³/mol. The molecule has 1 aliphatic heterocycles. The third kappa shape index (κ3) is 4.52. The van der Waals surface area contributed by atoms with Crippen molar-refractivity contribution in [1.29, 1.82) is 0 Å². The van der Waals surface area contributed by atoms with Crippen LogP contribution in [0.4, 0.5) is 11.6 Å². The van der Waals surface area contributed by atoms with E-state index >= 15 is 0 Å². The van der Waals surface area contributed by atoms with Gasteiger partial charge >= 0.3 is 0 Å². The van der Waals surface area contributed by atoms with Gasteiger partial charge in [-0.15, -0.1) is 0 Å². The number of aromatic nitrogens is 2. The molecule has 1 amide bonds. The lowest BCUT2D eigenvalue weighted by atomic mass is 10.1. The van der Waals surface area contributed by atoms with Crippen molar-refractivity contribution in [3.05, 3.63) is 66.5 Å². The maximum atomic E-state index is 12.7. The van der Waals surface area contributed by atoms with Crippen molar-refractivity contribution in [1.82, 2.24) is 20.2 Å². The highest BCUT2D eigenvalue weighted by atomic mass is 16.5. The van der Waals surface area contributed by atoms with Gasteiger partial charge in [-0.1, -0.05) is 18.2 Å². The van der Waals surface area contributed by atoms with Crippen LogP contribution in [0, 0.1) is 0 Å². The molecule has 0 aliphatic carbocycles. The molecule has 0 unspecified atom stereocenters. The zero-order chi connectivity index (χ0) is 20.1. The first-order valence-electron chi connectivity index (χ1n) is 9.56. The van der Waals surface area contributed by atoms with Gasteiger partial charge in [0.1, 0.15) is 5.75 Å². The quantitative estimate of drug-likeness (QED) is 0.699. The average molecular weight is 389 g/mol. The predicted octanol–water partition coefficient (Wildman–Crippen LogP) is 2.94. The largest absolute Gasteiger partial charge is 0.497 e. The molecule has 4 rings (SSSR count). The first-order valence-corrected chi connectivity index (χ1v) is 9.56. The van der Waals surface area contributed by atoms with Crippen LogP contribution in [0.5, 0.6) is 5.75 Å². The molecule has 3 aromatic rings. The summed E-state index contributed by atoms with van der Waals surface area (Å²) in [6, 6.07) is 15.2. The summed E-state index contributed by atoms with van der Waals surface area (Å²) in [5.41, 5.74) is 3.37. The number of benzene rings is 2. The lowest BCUT2D eigenvalue weighted by Crippen LogP contribution is -2.46. The van der Waals surface area contributed by atoms with E-state index in [0.29, 0.717) is 11.5 Å². The van der Waals surface area contributed by atoms with Crippen molar-refractivity contribution in [2.45, 2.75) is 0 Å². The Balaban J connectivity index is 1.45. The van der Waals surface area contributed by atoms with Gasteiger partial charge in [-0.2, -0.15) is 0 Å². The fourth-order valence-corrected chi connectivity index (χ4v) is 3.23. The summed E-state index contributed by atoms with van der Waals surface area (Å²) in [5.74, 6) is 1.34. The van der Waals surface area contributed by atoms with Crippen LogP contribution in [0.3, 0.4) is 0 Å². The Morgan fingerprint density at radius 2 is 1.76 bits per heavy atom. The topological polar surface area (TPSA) is 79.4 Å². The number of carbonyl (C=O) groups is 1. The number of nitrogens with one attached hydrogen (secondary N) is 2. The number of anilines is 2. The second-order valence-corrected chi connectivity index (χ2v) is 6.77. The third-order valence-electron chi connectivity index (χ3n) is 4.85. The van der Waals surface area contributed by atoms with Crippen LogP contribution in [-0.4, -0.2) is 54.1 Å². The third-order valence-corrected chi connectivity index (χ3v) is 4.85. The summed E-state index contributed by atoms with van der Waals surface area (Å²) in [6.07, 6.45) is 3.54. The minimum absolute atomic E-state index is 0.0472. The molecule has 0 spiro atoms. The molecule has 1 aliphatic rings. The van der Waals surface area contributed by atoms with Crippen molar-refractivity contribution in [2.24, 2.45) is 0 Å². The SMILES string of the molecule is COc1ccc(-c2cnc(Nc3cccc(C(=O)N4CCNCC4)c3)nc2)cc1. The number of rotatable bonds is 5. The van der Waals surface area contributed by atoms with E-state index in [4.69, 9.17) is 4.74 Å². The Morgan fingerprint density at radius 1 is 1.03 bits per heavy atom. The first kappa shape index (κ1) is 18.9. The number of hydrogen-bond donors (Lipinski definition) is 2. The Labute approximate surface area is 169 Å². The van der Waals surface area contributed by atoms with E-state index in [9.17, 15) is 4.79 Å². The number of ether oxygens (including phenoxy) is 1. The zero-order valence-corrected chi connectivity index (χ0v) is 16.3. The second kappa shape index (κ2) is 8.70. The van der Waals surface area contributed by atoms with Gasteiger partial charge in [0.25, 0.3) is 5.91 Å². The Kier molecular flexibility index (Phi) is 5.67. The van der Waals surface area contributed by atoms with Crippen LogP contribution < -0.4 is 15.4 Å². The van der Waals surface area contributed by atoms with Crippen LogP contribution in [-0.2, 0) is 0 Å². The monoisotopic (exact) mass is 389 g/mol. The van der Waals surface area contributed by atoms with Crippen molar-refractivity contribution in [3.63, 3.8) is 0 Å². The molecule has 1 fully saturated rings. The summed E-state index contributed by atoms with van der Waals surface area (Å²) in [7, 11) is 1.64. The summed E-state index contributed by atoms with van der Waals surface area (Å²) in [5, 5.41) is 6.43. The highest BCUT2D eigenvalue weighted by Crippen LogP contribution is 2.22. The molecular weight excluding hydrogens is 366 g/mol. The molecule has 1 aromatic heterocycles. The van der Waals surface area contributed by atoms with E-state index in [2.05, 4.69) is 20.6 Å². The van der Waals surface area contributed by atoms with E-state index in [1.807, 2.05) is 53.4 Å². The molecular formula is C22H23N5O2. The molecule has 0 bridgehead atoms. The Morgan fingerprint density at radius 3 is 2.45 bits per heavy atom. The summed E-state index contributed by atoms with van der Waals surface area (Å²) >= 11 is 0. The van der Waals surface area contributed by atoms with E-state index in [1.54, 1.807) is 19.5 Å². The maximum absolute atomic E-state index is 12.7. The van der Waals surface area contributed by atoms with Crippen LogP contribution in [0.2, 0.25) is 0 Å². The van der Waals surface area contributed by atoms with Gasteiger partial charge < -0.3 is 20.3 Å². The van der Waals surface area contributed by atoms with Crippen molar-refractivity contribution in [2.75, 3.05) is 38.6 Å². The normalized spacial score (nSPS) is 13.8. The van der Waals surface area contributed by atoms with E-state index in [1.165, 1.54) is 0 Å². The van der Waals surface area contributed by atoms with Crippen molar-refractivity contribution < 1.29 is 9.53 Å². The molecule has 2 N–H and O–H groups in total. The van der Waals surface area contributed by atoms with E-state index in [-0.39, 0.29) is 5.91 Å². The van der Waals surface area contributed by atoms with Crippen molar-refractivity contribution in [3.8, 4) is 16.9 Å². The van der Waals surface area contributed by atoms with E-state index in [0.717, 1.165) is 48.7 Å². The van der Waals surface area contributed by atoms with Gasteiger partial charge in [0.05, 0.1) is 7.11 Å². The van der Waals surface area contributed by atoms with Gasteiger partial charge in [-0.05, 0) is 35.9 Å². The number of carbonyl (C=O) groups excluding carboxylic acids is 1. The number of nitrogens with zero attached hydrogens (tertiary/aromatic N) is 3. The molecule has 7 heteroatoms. The molecule has 1 saturated heterocycles. The molecule has 148 valence electrons. The number of hydrogen-bond acceptors (Lipinski definition) is 6. The number of amides is 1. The summed E-state index contributed by atoms with van der Waals surface area (Å²) in [4.78, 5) is 23.4. The standard InChI is InChI=1S/C22H23N5O2/c1-29-20-7-5-16(6-8-20)18-14-24-22(25-15-18)26-19-4-2-3-17(13-19)21(28)27-11-9-23-10-12-27/h2-8,13-15,23H,9-12H2,1H3,(H,24,25,26). The molecule has 7 nitrogen and oxygen atoms in total. The van der Waals surface area contributed by atoms with E-state index < -0.39 is 0 Å². The van der Waals surface area contributed by atoms with Gasteiger partial charge in [-0.3, -0.25) is 4.79 Å². The highest BCUT2D eigenvalue weighted by Gasteiger charge is 2.18. The Bertz CT molecular complexity index is 967. The van der Waals surface area contributed by atoms with Crippen LogP contribution in [0.25, 0.3) is 11.1 Å². The highest BCUT2D eigenvalue weighted by molar-refractivity contribution is 5.95. The second-order valence-electron chi connectivity index (χ2n) is 6.77. The summed E-state index contributed by atoms with van der Waals surface area (Å²) in [6.45, 7) is 3.12. The molecule has 0 radical (unpaired) electrons. The maximum Gasteiger partial charge on any atom is 0.254 e.